The van der Waals surface area contributed by atoms with Crippen LogP contribution in [0.15, 0.2) is 12.1 Å². The second-order valence-corrected chi connectivity index (χ2v) is 4.03. The number of alkyl halides is 1. The van der Waals surface area contributed by atoms with Crippen molar-refractivity contribution in [1.29, 1.82) is 0 Å². The van der Waals surface area contributed by atoms with E-state index in [-0.39, 0.29) is 0 Å². The molecule has 2 N–H and O–H groups in total. The second kappa shape index (κ2) is 6.56. The summed E-state index contributed by atoms with van der Waals surface area (Å²) in [6, 6.07) is 3.18. The number of benzene rings is 1. The van der Waals surface area contributed by atoms with Crippen LogP contribution in [-0.4, -0.2) is 32.9 Å². The summed E-state index contributed by atoms with van der Waals surface area (Å²) in [5.41, 5.74) is 0.989. The Kier molecular flexibility index (Phi) is 5.37. The minimum absolute atomic E-state index is 0.379. The fraction of sp³-hybridized carbons (Fsp3) is 0.538. The van der Waals surface area contributed by atoms with Crippen LogP contribution in [0.4, 0.5) is 4.39 Å². The number of halogens is 1. The van der Waals surface area contributed by atoms with Gasteiger partial charge in [-0.3, -0.25) is 0 Å². The molecule has 5 heteroatoms. The number of methoxy groups -OCH3 is 2. The lowest BCUT2D eigenvalue weighted by atomic mass is 10.0. The van der Waals surface area contributed by atoms with E-state index in [0.29, 0.717) is 29.2 Å². The van der Waals surface area contributed by atoms with Gasteiger partial charge in [0.25, 0.3) is 0 Å². The van der Waals surface area contributed by atoms with Crippen LogP contribution < -0.4 is 14.8 Å². The first-order valence-electron chi connectivity index (χ1n) is 5.77. The van der Waals surface area contributed by atoms with Crippen molar-refractivity contribution in [2.45, 2.75) is 19.2 Å². The highest BCUT2D eigenvalue weighted by Gasteiger charge is 2.19. The van der Waals surface area contributed by atoms with E-state index in [1.165, 1.54) is 21.1 Å². The van der Waals surface area contributed by atoms with Crippen molar-refractivity contribution in [3.63, 3.8) is 0 Å². The van der Waals surface area contributed by atoms with Gasteiger partial charge < -0.3 is 19.9 Å². The minimum Gasteiger partial charge on any atom is -0.496 e. The Morgan fingerprint density at radius 2 is 1.72 bits per heavy atom. The van der Waals surface area contributed by atoms with Gasteiger partial charge in [0.1, 0.15) is 17.7 Å². The van der Waals surface area contributed by atoms with E-state index in [1.54, 1.807) is 19.2 Å². The molecule has 1 rings (SSSR count). The molecule has 0 saturated carbocycles. The zero-order valence-corrected chi connectivity index (χ0v) is 11.2. The lowest BCUT2D eigenvalue weighted by Crippen LogP contribution is -2.17. The summed E-state index contributed by atoms with van der Waals surface area (Å²) in [6.07, 6.45) is -1.90. The topological polar surface area (TPSA) is 50.7 Å². The number of aliphatic hydroxyl groups is 1. The molecular weight excluding hydrogens is 237 g/mol. The molecule has 1 aromatic rings. The number of hydrogen-bond donors (Lipinski definition) is 2. The largest absolute Gasteiger partial charge is 0.496 e. The van der Waals surface area contributed by atoms with Gasteiger partial charge in [-0.2, -0.15) is 0 Å². The average Bonchev–Trinajstić information content (AvgIpc) is 2.37. The molecule has 0 aliphatic heterocycles. The monoisotopic (exact) mass is 257 g/mol. The quantitative estimate of drug-likeness (QED) is 0.818. The predicted octanol–water partition coefficient (Wildman–Crippen LogP) is 1.99. The van der Waals surface area contributed by atoms with E-state index in [0.717, 1.165) is 0 Å². The van der Waals surface area contributed by atoms with E-state index in [9.17, 15) is 9.50 Å². The molecule has 0 heterocycles. The highest BCUT2D eigenvalue weighted by molar-refractivity contribution is 5.48. The summed E-state index contributed by atoms with van der Waals surface area (Å²) in [4.78, 5) is 0. The molecule has 0 aliphatic rings. The van der Waals surface area contributed by atoms with Crippen molar-refractivity contribution in [2.75, 3.05) is 27.8 Å². The van der Waals surface area contributed by atoms with Gasteiger partial charge in [0.2, 0.25) is 0 Å². The number of hydrogen-bond acceptors (Lipinski definition) is 4. The standard InChI is InChI=1S/C13H20FNO3/c1-8(14)9-5-13(18-4)10(6-12(9)17-3)11(16)7-15-2/h5-6,8,11,15-16H,7H2,1-4H3. The third kappa shape index (κ3) is 3.11. The molecular formula is C13H20FNO3. The highest BCUT2D eigenvalue weighted by Crippen LogP contribution is 2.36. The Morgan fingerprint density at radius 1 is 1.22 bits per heavy atom. The van der Waals surface area contributed by atoms with Crippen LogP contribution in [0.5, 0.6) is 11.5 Å². The Hall–Kier alpha value is -1.33. The number of likely N-dealkylation sites (N-methyl/N-ethyl adjacent to an activating group) is 1. The van der Waals surface area contributed by atoms with Crippen LogP contribution in [0.2, 0.25) is 0 Å². The van der Waals surface area contributed by atoms with Crippen molar-refractivity contribution in [1.82, 2.24) is 5.32 Å². The summed E-state index contributed by atoms with van der Waals surface area (Å²) < 4.78 is 23.8. The molecule has 0 radical (unpaired) electrons. The summed E-state index contributed by atoms with van der Waals surface area (Å²) in [6.45, 7) is 1.81. The first kappa shape index (κ1) is 14.7. The first-order chi connectivity index (χ1) is 8.54. The SMILES string of the molecule is CNCC(O)c1cc(OC)c(C(C)F)cc1OC. The lowest BCUT2D eigenvalue weighted by molar-refractivity contribution is 0.172. The Morgan fingerprint density at radius 3 is 2.17 bits per heavy atom. The summed E-state index contributed by atoms with van der Waals surface area (Å²) in [5, 5.41) is 12.9. The summed E-state index contributed by atoms with van der Waals surface area (Å²) in [5.74, 6) is 0.869. The summed E-state index contributed by atoms with van der Waals surface area (Å²) in [7, 11) is 4.71. The van der Waals surface area contributed by atoms with Gasteiger partial charge in [-0.1, -0.05) is 0 Å². The van der Waals surface area contributed by atoms with E-state index in [2.05, 4.69) is 5.32 Å². The maximum atomic E-state index is 13.5. The molecule has 18 heavy (non-hydrogen) atoms. The molecule has 2 atom stereocenters. The van der Waals surface area contributed by atoms with Crippen LogP contribution in [0, 0.1) is 0 Å². The fourth-order valence-corrected chi connectivity index (χ4v) is 1.82. The van der Waals surface area contributed by atoms with E-state index in [1.807, 2.05) is 0 Å². The molecule has 0 amide bonds. The zero-order chi connectivity index (χ0) is 13.7. The van der Waals surface area contributed by atoms with Crippen molar-refractivity contribution >= 4 is 0 Å². The Labute approximate surface area is 107 Å². The molecule has 0 aromatic heterocycles. The second-order valence-electron chi connectivity index (χ2n) is 4.03. The number of rotatable bonds is 6. The molecule has 0 aliphatic carbocycles. The molecule has 0 fully saturated rings. The predicted molar refractivity (Wildman–Crippen MR) is 68.0 cm³/mol. The minimum atomic E-state index is -1.16. The molecule has 102 valence electrons. The van der Waals surface area contributed by atoms with E-state index < -0.39 is 12.3 Å². The van der Waals surface area contributed by atoms with Crippen molar-refractivity contribution in [2.24, 2.45) is 0 Å². The Bertz CT molecular complexity index is 396. The van der Waals surface area contributed by atoms with Crippen LogP contribution in [0.25, 0.3) is 0 Å². The average molecular weight is 257 g/mol. The molecule has 0 bridgehead atoms. The summed E-state index contributed by atoms with van der Waals surface area (Å²) >= 11 is 0. The van der Waals surface area contributed by atoms with Crippen molar-refractivity contribution in [3.8, 4) is 11.5 Å². The highest BCUT2D eigenvalue weighted by atomic mass is 19.1. The molecule has 4 nitrogen and oxygen atoms in total. The molecule has 2 unspecified atom stereocenters. The maximum Gasteiger partial charge on any atom is 0.126 e. The van der Waals surface area contributed by atoms with Crippen LogP contribution >= 0.6 is 0 Å². The molecule has 1 aromatic carbocycles. The van der Waals surface area contributed by atoms with Gasteiger partial charge in [0.15, 0.2) is 0 Å². The van der Waals surface area contributed by atoms with Crippen LogP contribution in [-0.2, 0) is 0 Å². The Balaban J connectivity index is 3.25. The first-order valence-corrected chi connectivity index (χ1v) is 5.77. The number of aliphatic hydroxyl groups excluding tert-OH is 1. The van der Waals surface area contributed by atoms with Gasteiger partial charge in [0, 0.05) is 17.7 Å². The van der Waals surface area contributed by atoms with Crippen molar-refractivity contribution in [3.05, 3.63) is 23.3 Å². The van der Waals surface area contributed by atoms with Gasteiger partial charge in [-0.15, -0.1) is 0 Å². The number of ether oxygens (including phenoxy) is 2. The zero-order valence-electron chi connectivity index (χ0n) is 11.2. The van der Waals surface area contributed by atoms with E-state index >= 15 is 0 Å². The van der Waals surface area contributed by atoms with Crippen LogP contribution in [0.1, 0.15) is 30.3 Å². The van der Waals surface area contributed by atoms with Crippen LogP contribution in [0.3, 0.4) is 0 Å². The lowest BCUT2D eigenvalue weighted by Gasteiger charge is -2.18. The van der Waals surface area contributed by atoms with Gasteiger partial charge in [0.05, 0.1) is 20.3 Å². The normalized spacial score (nSPS) is 14.1. The molecule has 0 saturated heterocycles. The van der Waals surface area contributed by atoms with Gasteiger partial charge >= 0.3 is 0 Å². The maximum absolute atomic E-state index is 13.5. The molecule has 0 spiro atoms. The number of nitrogens with one attached hydrogen (secondary N) is 1. The third-order valence-electron chi connectivity index (χ3n) is 2.77. The van der Waals surface area contributed by atoms with Crippen molar-refractivity contribution < 1.29 is 19.0 Å². The smallest absolute Gasteiger partial charge is 0.126 e. The van der Waals surface area contributed by atoms with E-state index in [4.69, 9.17) is 9.47 Å². The third-order valence-corrected chi connectivity index (χ3v) is 2.77. The fourth-order valence-electron chi connectivity index (χ4n) is 1.82. The van der Waals surface area contributed by atoms with Gasteiger partial charge in [-0.25, -0.2) is 4.39 Å². The van der Waals surface area contributed by atoms with Gasteiger partial charge in [-0.05, 0) is 26.1 Å².